The summed E-state index contributed by atoms with van der Waals surface area (Å²) in [6, 6.07) is 7.35. The summed E-state index contributed by atoms with van der Waals surface area (Å²) in [5.41, 5.74) is 0.925. The van der Waals surface area contributed by atoms with Crippen LogP contribution in [0.4, 0.5) is 0 Å². The van der Waals surface area contributed by atoms with Crippen molar-refractivity contribution in [3.8, 4) is 0 Å². The van der Waals surface area contributed by atoms with Gasteiger partial charge in [0.1, 0.15) is 0 Å². The Morgan fingerprint density at radius 3 is 3.06 bits per heavy atom. The number of nitrogens with one attached hydrogen (secondary N) is 1. The first kappa shape index (κ1) is 13.1. The molecular formula is C13H13ClN2OS. The molecule has 18 heavy (non-hydrogen) atoms. The molecule has 1 heterocycles. The molecule has 0 atom stereocenters. The molecule has 3 nitrogen and oxygen atoms in total. The van der Waals surface area contributed by atoms with E-state index in [4.69, 9.17) is 11.6 Å². The first-order valence-corrected chi connectivity index (χ1v) is 6.89. The third-order valence-electron chi connectivity index (χ3n) is 2.40. The maximum Gasteiger partial charge on any atom is 0.224 e. The summed E-state index contributed by atoms with van der Waals surface area (Å²) in [6.07, 6.45) is 2.91. The fourth-order valence-corrected chi connectivity index (χ4v) is 2.41. The maximum absolute atomic E-state index is 11.7. The molecule has 0 bridgehead atoms. The zero-order chi connectivity index (χ0) is 12.8. The van der Waals surface area contributed by atoms with E-state index in [2.05, 4.69) is 10.3 Å². The highest BCUT2D eigenvalue weighted by molar-refractivity contribution is 7.09. The van der Waals surface area contributed by atoms with Gasteiger partial charge in [0.2, 0.25) is 5.91 Å². The first-order valence-electron chi connectivity index (χ1n) is 5.63. The summed E-state index contributed by atoms with van der Waals surface area (Å²) in [7, 11) is 0. The SMILES string of the molecule is O=C(Cc1cccc(Cl)c1)NCCc1nccs1. The van der Waals surface area contributed by atoms with Gasteiger partial charge in [-0.05, 0) is 17.7 Å². The lowest BCUT2D eigenvalue weighted by atomic mass is 10.1. The molecule has 1 amide bonds. The van der Waals surface area contributed by atoms with Crippen LogP contribution in [-0.4, -0.2) is 17.4 Å². The van der Waals surface area contributed by atoms with Crippen molar-refractivity contribution in [1.29, 1.82) is 0 Å². The van der Waals surface area contributed by atoms with E-state index in [1.165, 1.54) is 0 Å². The zero-order valence-corrected chi connectivity index (χ0v) is 11.3. The van der Waals surface area contributed by atoms with Crippen LogP contribution < -0.4 is 5.32 Å². The van der Waals surface area contributed by atoms with Crippen LogP contribution >= 0.6 is 22.9 Å². The number of benzene rings is 1. The minimum absolute atomic E-state index is 0.00817. The smallest absolute Gasteiger partial charge is 0.224 e. The second-order valence-electron chi connectivity index (χ2n) is 3.83. The fraction of sp³-hybridized carbons (Fsp3) is 0.231. The average molecular weight is 281 g/mol. The minimum atomic E-state index is 0.00817. The lowest BCUT2D eigenvalue weighted by Gasteiger charge is -2.04. The lowest BCUT2D eigenvalue weighted by molar-refractivity contribution is -0.120. The Bertz CT molecular complexity index is 513. The van der Waals surface area contributed by atoms with Gasteiger partial charge in [-0.2, -0.15) is 0 Å². The van der Waals surface area contributed by atoms with E-state index in [1.54, 1.807) is 23.6 Å². The van der Waals surface area contributed by atoms with Crippen LogP contribution in [0.3, 0.4) is 0 Å². The molecule has 2 aromatic rings. The molecule has 0 spiro atoms. The number of halogens is 1. The van der Waals surface area contributed by atoms with Gasteiger partial charge in [-0.15, -0.1) is 11.3 Å². The molecule has 2 rings (SSSR count). The second-order valence-corrected chi connectivity index (χ2v) is 5.25. The molecule has 0 aliphatic carbocycles. The number of thiazole rings is 1. The Morgan fingerprint density at radius 2 is 2.33 bits per heavy atom. The quantitative estimate of drug-likeness (QED) is 0.915. The van der Waals surface area contributed by atoms with Crippen molar-refractivity contribution in [1.82, 2.24) is 10.3 Å². The standard InChI is InChI=1S/C13H13ClN2OS/c14-11-3-1-2-10(8-11)9-12(17)15-5-4-13-16-6-7-18-13/h1-3,6-8H,4-5,9H2,(H,15,17). The summed E-state index contributed by atoms with van der Waals surface area (Å²) in [5, 5.41) is 6.50. The van der Waals surface area contributed by atoms with Crippen LogP contribution in [0.2, 0.25) is 5.02 Å². The Hall–Kier alpha value is -1.39. The van der Waals surface area contributed by atoms with E-state index in [0.717, 1.165) is 17.0 Å². The summed E-state index contributed by atoms with van der Waals surface area (Å²) in [6.45, 7) is 0.618. The molecule has 1 N–H and O–H groups in total. The van der Waals surface area contributed by atoms with Gasteiger partial charge in [0.15, 0.2) is 0 Å². The predicted molar refractivity (Wildman–Crippen MR) is 74.0 cm³/mol. The Morgan fingerprint density at radius 1 is 1.44 bits per heavy atom. The van der Waals surface area contributed by atoms with Crippen molar-refractivity contribution >= 4 is 28.8 Å². The summed E-state index contributed by atoms with van der Waals surface area (Å²) in [5.74, 6) is 0.00817. The van der Waals surface area contributed by atoms with Crippen molar-refractivity contribution in [3.05, 3.63) is 51.4 Å². The molecular weight excluding hydrogens is 268 g/mol. The summed E-state index contributed by atoms with van der Waals surface area (Å²) >= 11 is 7.46. The van der Waals surface area contributed by atoms with E-state index in [9.17, 15) is 4.79 Å². The molecule has 0 saturated carbocycles. The van der Waals surface area contributed by atoms with Gasteiger partial charge >= 0.3 is 0 Å². The van der Waals surface area contributed by atoms with Gasteiger partial charge in [0.05, 0.1) is 11.4 Å². The largest absolute Gasteiger partial charge is 0.355 e. The average Bonchev–Trinajstić information content (AvgIpc) is 2.82. The molecule has 0 fully saturated rings. The molecule has 0 aliphatic rings. The van der Waals surface area contributed by atoms with Gasteiger partial charge in [0.25, 0.3) is 0 Å². The van der Waals surface area contributed by atoms with E-state index in [0.29, 0.717) is 18.0 Å². The maximum atomic E-state index is 11.7. The molecule has 5 heteroatoms. The molecule has 0 saturated heterocycles. The highest BCUT2D eigenvalue weighted by atomic mass is 35.5. The number of rotatable bonds is 5. The molecule has 0 unspecified atom stereocenters. The second kappa shape index (κ2) is 6.52. The van der Waals surface area contributed by atoms with Crippen LogP contribution in [0.1, 0.15) is 10.6 Å². The number of carbonyl (C=O) groups is 1. The third-order valence-corrected chi connectivity index (χ3v) is 3.47. The summed E-state index contributed by atoms with van der Waals surface area (Å²) in [4.78, 5) is 15.8. The van der Waals surface area contributed by atoms with Gasteiger partial charge in [-0.3, -0.25) is 4.79 Å². The number of amides is 1. The predicted octanol–water partition coefficient (Wildman–Crippen LogP) is 2.70. The van der Waals surface area contributed by atoms with E-state index in [-0.39, 0.29) is 5.91 Å². The number of aromatic nitrogens is 1. The van der Waals surface area contributed by atoms with Crippen molar-refractivity contribution in [2.24, 2.45) is 0 Å². The molecule has 1 aromatic heterocycles. The first-order chi connectivity index (χ1) is 8.74. The Balaban J connectivity index is 1.75. The van der Waals surface area contributed by atoms with Gasteiger partial charge in [0, 0.05) is 29.6 Å². The van der Waals surface area contributed by atoms with Crippen molar-refractivity contribution in [2.75, 3.05) is 6.54 Å². The number of nitrogens with zero attached hydrogens (tertiary/aromatic N) is 1. The number of hydrogen-bond acceptors (Lipinski definition) is 3. The van der Waals surface area contributed by atoms with E-state index >= 15 is 0 Å². The zero-order valence-electron chi connectivity index (χ0n) is 9.73. The number of hydrogen-bond donors (Lipinski definition) is 1. The minimum Gasteiger partial charge on any atom is -0.355 e. The molecule has 0 aliphatic heterocycles. The van der Waals surface area contributed by atoms with Crippen molar-refractivity contribution < 1.29 is 4.79 Å². The van der Waals surface area contributed by atoms with Gasteiger partial charge in [-0.25, -0.2) is 4.98 Å². The van der Waals surface area contributed by atoms with Crippen LogP contribution in [0.15, 0.2) is 35.8 Å². The molecule has 0 radical (unpaired) electrons. The monoisotopic (exact) mass is 280 g/mol. The van der Waals surface area contributed by atoms with Crippen molar-refractivity contribution in [3.63, 3.8) is 0 Å². The third kappa shape index (κ3) is 4.13. The highest BCUT2D eigenvalue weighted by Gasteiger charge is 2.04. The van der Waals surface area contributed by atoms with Gasteiger partial charge < -0.3 is 5.32 Å². The van der Waals surface area contributed by atoms with E-state index in [1.807, 2.05) is 23.6 Å². The highest BCUT2D eigenvalue weighted by Crippen LogP contribution is 2.11. The van der Waals surface area contributed by atoms with Crippen molar-refractivity contribution in [2.45, 2.75) is 12.8 Å². The van der Waals surface area contributed by atoms with E-state index < -0.39 is 0 Å². The Kier molecular flexibility index (Phi) is 4.73. The lowest BCUT2D eigenvalue weighted by Crippen LogP contribution is -2.27. The molecule has 94 valence electrons. The van der Waals surface area contributed by atoms with Crippen LogP contribution in [0.25, 0.3) is 0 Å². The topological polar surface area (TPSA) is 42.0 Å². The molecule has 1 aromatic carbocycles. The fourth-order valence-electron chi connectivity index (χ4n) is 1.58. The normalized spacial score (nSPS) is 10.3. The van der Waals surface area contributed by atoms with Crippen LogP contribution in [-0.2, 0) is 17.6 Å². The van der Waals surface area contributed by atoms with Crippen LogP contribution in [0.5, 0.6) is 0 Å². The number of carbonyl (C=O) groups excluding carboxylic acids is 1. The summed E-state index contributed by atoms with van der Waals surface area (Å²) < 4.78 is 0. The van der Waals surface area contributed by atoms with Crippen LogP contribution in [0, 0.1) is 0 Å². The van der Waals surface area contributed by atoms with Gasteiger partial charge in [-0.1, -0.05) is 23.7 Å². The Labute approximate surface area is 115 Å².